The van der Waals surface area contributed by atoms with Gasteiger partial charge in [0, 0.05) is 36.7 Å². The summed E-state index contributed by atoms with van der Waals surface area (Å²) in [6, 6.07) is 16.3. The molecule has 4 rings (SSSR count). The molecular formula is C28H36N4O2. The number of nitrogens with zero attached hydrogens (tertiary/aromatic N) is 4. The molecule has 6 heteroatoms. The standard InChI is InChI=1S/C28H36N4O2/c1-6-20(4)32(21(5)7-2)27(34)18-31-25-15-11-9-13-23(25)29-28(31)22-16-26(33)30(17-22)24-14-10-8-12-19(24)3/h8-15,20-22H,6-7,16-18H2,1-5H3. The number of benzene rings is 2. The highest BCUT2D eigenvalue weighted by molar-refractivity contribution is 5.97. The van der Waals surface area contributed by atoms with Crippen molar-refractivity contribution in [2.45, 2.75) is 78.4 Å². The number of fused-ring (bicyclic) bond motifs is 1. The van der Waals surface area contributed by atoms with Gasteiger partial charge in [-0.15, -0.1) is 0 Å². The van der Waals surface area contributed by atoms with Gasteiger partial charge in [-0.3, -0.25) is 9.59 Å². The quantitative estimate of drug-likeness (QED) is 0.459. The van der Waals surface area contributed by atoms with Gasteiger partial charge in [0.25, 0.3) is 0 Å². The van der Waals surface area contributed by atoms with E-state index in [-0.39, 0.29) is 36.4 Å². The molecule has 34 heavy (non-hydrogen) atoms. The van der Waals surface area contributed by atoms with Crippen LogP contribution in [0.5, 0.6) is 0 Å². The van der Waals surface area contributed by atoms with Crippen LogP contribution in [-0.2, 0) is 16.1 Å². The lowest BCUT2D eigenvalue weighted by atomic mass is 10.1. The Morgan fingerprint density at radius 3 is 2.38 bits per heavy atom. The van der Waals surface area contributed by atoms with Crippen LogP contribution >= 0.6 is 0 Å². The third kappa shape index (κ3) is 4.46. The molecule has 1 saturated heterocycles. The summed E-state index contributed by atoms with van der Waals surface area (Å²) < 4.78 is 2.05. The van der Waals surface area contributed by atoms with Gasteiger partial charge in [0.1, 0.15) is 12.4 Å². The number of para-hydroxylation sites is 3. The maximum Gasteiger partial charge on any atom is 0.243 e. The van der Waals surface area contributed by atoms with E-state index in [0.717, 1.165) is 41.0 Å². The molecule has 3 unspecified atom stereocenters. The highest BCUT2D eigenvalue weighted by Crippen LogP contribution is 2.34. The molecule has 1 aliphatic rings. The Bertz CT molecular complexity index is 1170. The Morgan fingerprint density at radius 2 is 1.71 bits per heavy atom. The maximum atomic E-state index is 13.6. The minimum Gasteiger partial charge on any atom is -0.336 e. The van der Waals surface area contributed by atoms with E-state index in [1.54, 1.807) is 0 Å². The molecule has 3 aromatic rings. The van der Waals surface area contributed by atoms with Gasteiger partial charge in [0.05, 0.1) is 11.0 Å². The van der Waals surface area contributed by atoms with E-state index in [0.29, 0.717) is 13.0 Å². The number of hydrogen-bond acceptors (Lipinski definition) is 3. The number of anilines is 1. The fourth-order valence-corrected chi connectivity index (χ4v) is 5.09. The Kier molecular flexibility index (Phi) is 7.05. The predicted octanol–water partition coefficient (Wildman–Crippen LogP) is 5.29. The second-order valence-electron chi connectivity index (χ2n) is 9.55. The van der Waals surface area contributed by atoms with Gasteiger partial charge < -0.3 is 14.4 Å². The number of amides is 2. The number of carbonyl (C=O) groups excluding carboxylic acids is 2. The Hall–Kier alpha value is -3.15. The van der Waals surface area contributed by atoms with Crippen LogP contribution < -0.4 is 4.90 Å². The number of rotatable bonds is 8. The van der Waals surface area contributed by atoms with Crippen LogP contribution in [0.25, 0.3) is 11.0 Å². The van der Waals surface area contributed by atoms with Gasteiger partial charge in [-0.2, -0.15) is 0 Å². The highest BCUT2D eigenvalue weighted by Gasteiger charge is 2.36. The molecule has 6 nitrogen and oxygen atoms in total. The number of carbonyl (C=O) groups is 2. The lowest BCUT2D eigenvalue weighted by Gasteiger charge is -2.34. The number of aromatic nitrogens is 2. The summed E-state index contributed by atoms with van der Waals surface area (Å²) >= 11 is 0. The van der Waals surface area contributed by atoms with Crippen LogP contribution in [0.4, 0.5) is 5.69 Å². The fourth-order valence-electron chi connectivity index (χ4n) is 5.09. The minimum absolute atomic E-state index is 0.0621. The number of aryl methyl sites for hydroxylation is 1. The van der Waals surface area contributed by atoms with E-state index in [4.69, 9.17) is 4.98 Å². The van der Waals surface area contributed by atoms with Crippen LogP contribution in [0, 0.1) is 6.92 Å². The van der Waals surface area contributed by atoms with Crippen molar-refractivity contribution in [3.05, 3.63) is 59.9 Å². The van der Waals surface area contributed by atoms with Crippen molar-refractivity contribution in [1.29, 1.82) is 0 Å². The second kappa shape index (κ2) is 10.00. The van der Waals surface area contributed by atoms with Gasteiger partial charge >= 0.3 is 0 Å². The normalized spacial score (nSPS) is 17.9. The monoisotopic (exact) mass is 460 g/mol. The first-order chi connectivity index (χ1) is 16.3. The minimum atomic E-state index is -0.0621. The largest absolute Gasteiger partial charge is 0.336 e. The molecule has 0 saturated carbocycles. The van der Waals surface area contributed by atoms with Gasteiger partial charge in [-0.25, -0.2) is 4.98 Å². The summed E-state index contributed by atoms with van der Waals surface area (Å²) in [7, 11) is 0. The van der Waals surface area contributed by atoms with Crippen molar-refractivity contribution in [2.24, 2.45) is 0 Å². The van der Waals surface area contributed by atoms with E-state index >= 15 is 0 Å². The summed E-state index contributed by atoms with van der Waals surface area (Å²) in [6.07, 6.45) is 2.22. The molecule has 3 atom stereocenters. The summed E-state index contributed by atoms with van der Waals surface area (Å²) in [5, 5.41) is 0. The van der Waals surface area contributed by atoms with Crippen molar-refractivity contribution >= 4 is 28.5 Å². The highest BCUT2D eigenvalue weighted by atomic mass is 16.2. The first kappa shape index (κ1) is 24.0. The van der Waals surface area contributed by atoms with Crippen molar-refractivity contribution in [3.8, 4) is 0 Å². The van der Waals surface area contributed by atoms with E-state index in [1.807, 2.05) is 65.3 Å². The van der Waals surface area contributed by atoms with Crippen LogP contribution in [0.2, 0.25) is 0 Å². The zero-order chi connectivity index (χ0) is 24.4. The van der Waals surface area contributed by atoms with Crippen molar-refractivity contribution in [2.75, 3.05) is 11.4 Å². The molecule has 0 aliphatic carbocycles. The third-order valence-electron chi connectivity index (χ3n) is 7.29. The van der Waals surface area contributed by atoms with E-state index in [1.165, 1.54) is 0 Å². The Labute approximate surface area is 202 Å². The summed E-state index contributed by atoms with van der Waals surface area (Å²) in [6.45, 7) is 11.3. The number of imidazole rings is 1. The van der Waals surface area contributed by atoms with Gasteiger partial charge in [0.2, 0.25) is 11.8 Å². The zero-order valence-corrected chi connectivity index (χ0v) is 21.0. The van der Waals surface area contributed by atoms with Crippen LogP contribution in [0.1, 0.15) is 64.3 Å². The van der Waals surface area contributed by atoms with E-state index in [2.05, 4.69) is 32.3 Å². The second-order valence-corrected chi connectivity index (χ2v) is 9.55. The predicted molar refractivity (Wildman–Crippen MR) is 137 cm³/mol. The lowest BCUT2D eigenvalue weighted by Crippen LogP contribution is -2.46. The van der Waals surface area contributed by atoms with E-state index < -0.39 is 0 Å². The third-order valence-corrected chi connectivity index (χ3v) is 7.29. The van der Waals surface area contributed by atoms with Crippen molar-refractivity contribution < 1.29 is 9.59 Å². The molecule has 180 valence electrons. The summed E-state index contributed by atoms with van der Waals surface area (Å²) in [5.41, 5.74) is 3.85. The van der Waals surface area contributed by atoms with Gasteiger partial charge in [-0.1, -0.05) is 44.2 Å². The molecular weight excluding hydrogens is 424 g/mol. The topological polar surface area (TPSA) is 58.4 Å². The molecule has 2 amide bonds. The molecule has 1 aliphatic heterocycles. The lowest BCUT2D eigenvalue weighted by molar-refractivity contribution is -0.136. The average molecular weight is 461 g/mol. The molecule has 2 heterocycles. The van der Waals surface area contributed by atoms with Crippen LogP contribution in [-0.4, -0.2) is 44.9 Å². The summed E-state index contributed by atoms with van der Waals surface area (Å²) in [5.74, 6) is 0.971. The Morgan fingerprint density at radius 1 is 1.06 bits per heavy atom. The zero-order valence-electron chi connectivity index (χ0n) is 21.0. The maximum absolute atomic E-state index is 13.6. The molecule has 1 aromatic heterocycles. The molecule has 0 bridgehead atoms. The fraction of sp³-hybridized carbons (Fsp3) is 0.464. The first-order valence-corrected chi connectivity index (χ1v) is 12.5. The SMILES string of the molecule is CCC(C)N(C(=O)Cn1c(C2CC(=O)N(c3ccccc3C)C2)nc2ccccc21)C(C)CC. The van der Waals surface area contributed by atoms with Crippen LogP contribution in [0.3, 0.4) is 0 Å². The molecule has 0 N–H and O–H groups in total. The summed E-state index contributed by atoms with van der Waals surface area (Å²) in [4.78, 5) is 35.5. The molecule has 0 radical (unpaired) electrons. The Balaban J connectivity index is 1.69. The number of hydrogen-bond donors (Lipinski definition) is 0. The van der Waals surface area contributed by atoms with Gasteiger partial charge in [-0.05, 0) is 57.4 Å². The molecule has 1 fully saturated rings. The molecule has 2 aromatic carbocycles. The average Bonchev–Trinajstić information content (AvgIpc) is 3.39. The molecule has 0 spiro atoms. The van der Waals surface area contributed by atoms with Crippen molar-refractivity contribution in [3.63, 3.8) is 0 Å². The van der Waals surface area contributed by atoms with Crippen molar-refractivity contribution in [1.82, 2.24) is 14.5 Å². The van der Waals surface area contributed by atoms with Gasteiger partial charge in [0.15, 0.2) is 0 Å². The van der Waals surface area contributed by atoms with E-state index in [9.17, 15) is 9.59 Å². The van der Waals surface area contributed by atoms with Crippen LogP contribution in [0.15, 0.2) is 48.5 Å². The smallest absolute Gasteiger partial charge is 0.243 e. The first-order valence-electron chi connectivity index (χ1n) is 12.5.